The van der Waals surface area contributed by atoms with Crippen molar-refractivity contribution in [2.24, 2.45) is 5.41 Å². The third-order valence-electron chi connectivity index (χ3n) is 6.23. The number of hydrogen-bond acceptors (Lipinski definition) is 2. The number of fused-ring (bicyclic) bond motifs is 2. The van der Waals surface area contributed by atoms with Crippen LogP contribution in [0.15, 0.2) is 23.8 Å². The summed E-state index contributed by atoms with van der Waals surface area (Å²) in [6, 6.07) is 4.24. The summed E-state index contributed by atoms with van der Waals surface area (Å²) >= 11 is 0. The zero-order chi connectivity index (χ0) is 17.0. The highest BCUT2D eigenvalue weighted by molar-refractivity contribution is 6.03. The predicted molar refractivity (Wildman–Crippen MR) is 94.5 cm³/mol. The second kappa shape index (κ2) is 5.22. The van der Waals surface area contributed by atoms with E-state index in [9.17, 15) is 4.79 Å². The average Bonchev–Trinajstić information content (AvgIpc) is 2.78. The van der Waals surface area contributed by atoms with Gasteiger partial charge in [-0.2, -0.15) is 0 Å². The van der Waals surface area contributed by atoms with E-state index in [4.69, 9.17) is 4.74 Å². The maximum absolute atomic E-state index is 12.9. The SMILES string of the molecule is COc1cc2c(cc1C(C)C)C(=O)CC21C(C)=CCCC1(C)C. The topological polar surface area (TPSA) is 26.3 Å². The van der Waals surface area contributed by atoms with Crippen LogP contribution in [0.4, 0.5) is 0 Å². The van der Waals surface area contributed by atoms with Crippen molar-refractivity contribution in [2.45, 2.75) is 65.2 Å². The van der Waals surface area contributed by atoms with E-state index in [0.717, 1.165) is 29.7 Å². The first-order valence-corrected chi connectivity index (χ1v) is 8.67. The van der Waals surface area contributed by atoms with E-state index >= 15 is 0 Å². The molecule has 0 radical (unpaired) electrons. The summed E-state index contributed by atoms with van der Waals surface area (Å²) in [5.74, 6) is 1.55. The lowest BCUT2D eigenvalue weighted by molar-refractivity contribution is 0.0918. The highest BCUT2D eigenvalue weighted by Gasteiger charge is 2.55. The largest absolute Gasteiger partial charge is 0.496 e. The molecule has 0 N–H and O–H groups in total. The van der Waals surface area contributed by atoms with E-state index in [1.807, 2.05) is 0 Å². The Hall–Kier alpha value is -1.57. The molecule has 1 atom stereocenters. The van der Waals surface area contributed by atoms with Gasteiger partial charge in [0.15, 0.2) is 5.78 Å². The van der Waals surface area contributed by atoms with Crippen molar-refractivity contribution in [3.8, 4) is 5.75 Å². The predicted octanol–water partition coefficient (Wildman–Crippen LogP) is 5.41. The molecule has 0 amide bonds. The molecule has 2 aliphatic rings. The Balaban J connectivity index is 2.31. The number of benzene rings is 1. The molecule has 0 saturated heterocycles. The Morgan fingerprint density at radius 1 is 1.22 bits per heavy atom. The maximum Gasteiger partial charge on any atom is 0.164 e. The number of allylic oxidation sites excluding steroid dienone is 2. The average molecular weight is 312 g/mol. The molecule has 1 aromatic rings. The van der Waals surface area contributed by atoms with Gasteiger partial charge < -0.3 is 4.74 Å². The van der Waals surface area contributed by atoms with Crippen LogP contribution in [0.25, 0.3) is 0 Å². The molecule has 0 aliphatic heterocycles. The first-order chi connectivity index (χ1) is 10.7. The van der Waals surface area contributed by atoms with Gasteiger partial charge in [-0.05, 0) is 54.4 Å². The van der Waals surface area contributed by atoms with E-state index in [1.165, 1.54) is 11.1 Å². The Kier molecular flexibility index (Phi) is 3.70. The molecule has 2 aliphatic carbocycles. The van der Waals surface area contributed by atoms with E-state index in [0.29, 0.717) is 12.3 Å². The zero-order valence-electron chi connectivity index (χ0n) is 15.2. The fourth-order valence-electron chi connectivity index (χ4n) is 4.77. The highest BCUT2D eigenvalue weighted by Crippen LogP contribution is 2.59. The van der Waals surface area contributed by atoms with Crippen LogP contribution in [0, 0.1) is 5.41 Å². The van der Waals surface area contributed by atoms with Gasteiger partial charge in [0, 0.05) is 17.4 Å². The lowest BCUT2D eigenvalue weighted by Gasteiger charge is -2.48. The van der Waals surface area contributed by atoms with Crippen LogP contribution < -0.4 is 4.74 Å². The van der Waals surface area contributed by atoms with Crippen LogP contribution in [0.5, 0.6) is 5.75 Å². The second-order valence-corrected chi connectivity index (χ2v) is 8.11. The summed E-state index contributed by atoms with van der Waals surface area (Å²) in [5, 5.41) is 0. The molecular weight excluding hydrogens is 284 g/mol. The van der Waals surface area contributed by atoms with Crippen molar-refractivity contribution >= 4 is 5.78 Å². The van der Waals surface area contributed by atoms with Crippen molar-refractivity contribution in [3.05, 3.63) is 40.5 Å². The standard InChI is InChI=1S/C21H28O2/c1-13(2)15-10-16-17(11-19(15)23-6)21(12-18(16)22)14(3)8-7-9-20(21,4)5/h8,10-11,13H,7,9,12H2,1-6H3. The number of rotatable bonds is 2. The van der Waals surface area contributed by atoms with Gasteiger partial charge in [-0.25, -0.2) is 0 Å². The minimum absolute atomic E-state index is 0.0805. The molecule has 23 heavy (non-hydrogen) atoms. The van der Waals surface area contributed by atoms with Crippen LogP contribution in [-0.2, 0) is 5.41 Å². The van der Waals surface area contributed by atoms with Gasteiger partial charge in [0.2, 0.25) is 0 Å². The van der Waals surface area contributed by atoms with E-state index in [2.05, 4.69) is 52.8 Å². The van der Waals surface area contributed by atoms with Crippen LogP contribution in [0.1, 0.15) is 81.3 Å². The molecule has 0 aromatic heterocycles. The van der Waals surface area contributed by atoms with Gasteiger partial charge in [0.05, 0.1) is 7.11 Å². The Morgan fingerprint density at radius 2 is 1.91 bits per heavy atom. The fourth-order valence-corrected chi connectivity index (χ4v) is 4.77. The smallest absolute Gasteiger partial charge is 0.164 e. The summed E-state index contributed by atoms with van der Waals surface area (Å²) in [4.78, 5) is 12.9. The minimum Gasteiger partial charge on any atom is -0.496 e. The molecule has 2 heteroatoms. The molecule has 0 bridgehead atoms. The number of carbonyl (C=O) groups is 1. The summed E-state index contributed by atoms with van der Waals surface area (Å²) < 4.78 is 5.67. The second-order valence-electron chi connectivity index (χ2n) is 8.11. The van der Waals surface area contributed by atoms with E-state index < -0.39 is 0 Å². The summed E-state index contributed by atoms with van der Waals surface area (Å²) in [7, 11) is 1.73. The first kappa shape index (κ1) is 16.3. The summed E-state index contributed by atoms with van der Waals surface area (Å²) in [6.07, 6.45) is 5.15. The summed E-state index contributed by atoms with van der Waals surface area (Å²) in [5.41, 5.74) is 4.49. The van der Waals surface area contributed by atoms with E-state index in [-0.39, 0.29) is 16.6 Å². The van der Waals surface area contributed by atoms with E-state index in [1.54, 1.807) is 7.11 Å². The molecule has 0 fully saturated rings. The normalized spacial score (nSPS) is 25.7. The van der Waals surface area contributed by atoms with Crippen molar-refractivity contribution < 1.29 is 9.53 Å². The van der Waals surface area contributed by atoms with Gasteiger partial charge in [-0.1, -0.05) is 39.3 Å². The molecule has 0 heterocycles. The molecule has 3 rings (SSSR count). The lowest BCUT2D eigenvalue weighted by Crippen LogP contribution is -2.43. The Labute approximate surface area is 139 Å². The molecule has 1 unspecified atom stereocenters. The molecule has 2 nitrogen and oxygen atoms in total. The van der Waals surface area contributed by atoms with Crippen LogP contribution in [0.3, 0.4) is 0 Å². The Morgan fingerprint density at radius 3 is 2.48 bits per heavy atom. The van der Waals surface area contributed by atoms with Gasteiger partial charge in [0.1, 0.15) is 5.75 Å². The first-order valence-electron chi connectivity index (χ1n) is 8.67. The van der Waals surface area contributed by atoms with Crippen molar-refractivity contribution in [3.63, 3.8) is 0 Å². The molecule has 0 saturated carbocycles. The number of hydrogen-bond donors (Lipinski definition) is 0. The number of carbonyl (C=O) groups excluding carboxylic acids is 1. The van der Waals surface area contributed by atoms with Gasteiger partial charge in [-0.15, -0.1) is 0 Å². The van der Waals surface area contributed by atoms with Gasteiger partial charge in [-0.3, -0.25) is 4.79 Å². The minimum atomic E-state index is -0.166. The van der Waals surface area contributed by atoms with Crippen LogP contribution in [0.2, 0.25) is 0 Å². The molecule has 124 valence electrons. The van der Waals surface area contributed by atoms with Crippen molar-refractivity contribution in [1.29, 1.82) is 0 Å². The summed E-state index contributed by atoms with van der Waals surface area (Å²) in [6.45, 7) is 11.1. The van der Waals surface area contributed by atoms with Crippen LogP contribution in [-0.4, -0.2) is 12.9 Å². The monoisotopic (exact) mass is 312 g/mol. The third-order valence-corrected chi connectivity index (χ3v) is 6.23. The zero-order valence-corrected chi connectivity index (χ0v) is 15.2. The van der Waals surface area contributed by atoms with Crippen molar-refractivity contribution in [2.75, 3.05) is 7.11 Å². The molecule has 1 spiro atoms. The highest BCUT2D eigenvalue weighted by atomic mass is 16.5. The molecular formula is C21H28O2. The maximum atomic E-state index is 12.9. The Bertz CT molecular complexity index is 694. The van der Waals surface area contributed by atoms with Gasteiger partial charge in [0.25, 0.3) is 0 Å². The lowest BCUT2D eigenvalue weighted by atomic mass is 9.54. The number of methoxy groups -OCH3 is 1. The number of ketones is 1. The molecule has 1 aromatic carbocycles. The quantitative estimate of drug-likeness (QED) is 0.683. The third kappa shape index (κ3) is 2.10. The van der Waals surface area contributed by atoms with Crippen LogP contribution >= 0.6 is 0 Å². The van der Waals surface area contributed by atoms with Gasteiger partial charge >= 0.3 is 0 Å². The fraction of sp³-hybridized carbons (Fsp3) is 0.571. The number of ether oxygens (including phenoxy) is 1. The van der Waals surface area contributed by atoms with Crippen molar-refractivity contribution in [1.82, 2.24) is 0 Å². The number of Topliss-reactive ketones (excluding diaryl/α,β-unsaturated/α-hetero) is 1.